The molecule has 2 aliphatic rings. The number of amides is 2. The van der Waals surface area contributed by atoms with Crippen LogP contribution in [0.15, 0.2) is 59.5 Å². The fourth-order valence-electron chi connectivity index (χ4n) is 6.28. The van der Waals surface area contributed by atoms with Crippen LogP contribution < -0.4 is 21.1 Å². The van der Waals surface area contributed by atoms with Gasteiger partial charge in [-0.3, -0.25) is 24.3 Å². The second-order valence-corrected chi connectivity index (χ2v) is 12.3. The van der Waals surface area contributed by atoms with E-state index in [1.54, 1.807) is 48.2 Å². The number of nitrogens with zero attached hydrogens (tertiary/aromatic N) is 4. The highest BCUT2D eigenvalue weighted by Crippen LogP contribution is 2.39. The van der Waals surface area contributed by atoms with Crippen molar-refractivity contribution in [2.75, 3.05) is 24.5 Å². The van der Waals surface area contributed by atoms with E-state index in [2.05, 4.69) is 20.6 Å². The Kier molecular flexibility index (Phi) is 8.84. The molecule has 2 fully saturated rings. The van der Waals surface area contributed by atoms with Gasteiger partial charge in [-0.25, -0.2) is 9.97 Å². The fourth-order valence-corrected chi connectivity index (χ4v) is 6.47. The summed E-state index contributed by atoms with van der Waals surface area (Å²) in [5.74, 6) is -0.269. The van der Waals surface area contributed by atoms with Gasteiger partial charge in [0.1, 0.15) is 17.7 Å². The van der Waals surface area contributed by atoms with E-state index in [9.17, 15) is 27.6 Å². The second kappa shape index (κ2) is 12.8. The molecule has 1 atom stereocenters. The maximum absolute atomic E-state index is 14.1. The van der Waals surface area contributed by atoms with Crippen LogP contribution in [0.4, 0.5) is 19.0 Å². The molecule has 240 valence electrons. The van der Waals surface area contributed by atoms with Crippen molar-refractivity contribution in [1.29, 1.82) is 0 Å². The van der Waals surface area contributed by atoms with Crippen LogP contribution in [0.5, 0.6) is 0 Å². The van der Waals surface area contributed by atoms with Gasteiger partial charge in [0.15, 0.2) is 0 Å². The molecule has 6 rings (SSSR count). The summed E-state index contributed by atoms with van der Waals surface area (Å²) in [5, 5.41) is 6.54. The van der Waals surface area contributed by atoms with Gasteiger partial charge >= 0.3 is 6.18 Å². The minimum Gasteiger partial charge on any atom is -0.356 e. The number of pyridine rings is 1. The number of rotatable bonds is 7. The summed E-state index contributed by atoms with van der Waals surface area (Å²) in [6.07, 6.45) is -1.32. The number of benzene rings is 2. The lowest BCUT2D eigenvalue weighted by Gasteiger charge is -2.34. The van der Waals surface area contributed by atoms with Crippen LogP contribution in [0, 0.1) is 12.8 Å². The van der Waals surface area contributed by atoms with E-state index in [1.165, 1.54) is 10.8 Å². The maximum atomic E-state index is 14.1. The third-order valence-electron chi connectivity index (χ3n) is 8.67. The monoisotopic (exact) mass is 652 g/mol. The molecule has 46 heavy (non-hydrogen) atoms. The quantitative estimate of drug-likeness (QED) is 0.257. The number of anilines is 1. The number of carbonyl (C=O) groups is 2. The van der Waals surface area contributed by atoms with Crippen molar-refractivity contribution in [1.82, 2.24) is 25.2 Å². The summed E-state index contributed by atoms with van der Waals surface area (Å²) in [5.41, 5.74) is 1.21. The minimum atomic E-state index is -4.56. The summed E-state index contributed by atoms with van der Waals surface area (Å²) in [7, 11) is 0. The van der Waals surface area contributed by atoms with Crippen LogP contribution in [0.2, 0.25) is 5.02 Å². The van der Waals surface area contributed by atoms with Crippen LogP contribution in [-0.2, 0) is 22.3 Å². The first-order valence-corrected chi connectivity index (χ1v) is 15.5. The van der Waals surface area contributed by atoms with Gasteiger partial charge in [0, 0.05) is 42.8 Å². The Labute approximate surface area is 267 Å². The topological polar surface area (TPSA) is 109 Å². The molecular weight excluding hydrogens is 621 g/mol. The predicted molar refractivity (Wildman–Crippen MR) is 168 cm³/mol. The zero-order valence-electron chi connectivity index (χ0n) is 25.0. The number of piperidine rings is 2. The number of carbonyl (C=O) groups excluding carboxylic acids is 2. The second-order valence-electron chi connectivity index (χ2n) is 11.8. The maximum Gasteiger partial charge on any atom is 0.419 e. The minimum absolute atomic E-state index is 0.0624. The van der Waals surface area contributed by atoms with Crippen LogP contribution in [-0.4, -0.2) is 46.0 Å². The summed E-state index contributed by atoms with van der Waals surface area (Å²) < 4.78 is 43.7. The summed E-state index contributed by atoms with van der Waals surface area (Å²) >= 11 is 6.04. The molecule has 2 aliphatic heterocycles. The SMILES string of the molecule is Cc1nc2ccc(CNCC3CCN(c4ncc(-c5cccc(Cl)c5)cc4C(F)(F)F)CC3)cc2c(=O)n1C1CCC(=O)NC1=O. The lowest BCUT2D eigenvalue weighted by Crippen LogP contribution is -2.45. The molecule has 9 nitrogen and oxygen atoms in total. The van der Waals surface area contributed by atoms with Crippen molar-refractivity contribution in [3.63, 3.8) is 0 Å². The number of hydrogen-bond donors (Lipinski definition) is 2. The van der Waals surface area contributed by atoms with Crippen molar-refractivity contribution in [2.45, 2.75) is 51.4 Å². The smallest absolute Gasteiger partial charge is 0.356 e. The molecule has 2 aromatic heterocycles. The first-order valence-electron chi connectivity index (χ1n) is 15.1. The lowest BCUT2D eigenvalue weighted by atomic mass is 9.96. The highest BCUT2D eigenvalue weighted by molar-refractivity contribution is 6.30. The van der Waals surface area contributed by atoms with Crippen molar-refractivity contribution in [3.8, 4) is 11.1 Å². The van der Waals surface area contributed by atoms with E-state index < -0.39 is 23.7 Å². The Bertz CT molecular complexity index is 1870. The molecule has 0 bridgehead atoms. The number of alkyl halides is 3. The highest BCUT2D eigenvalue weighted by Gasteiger charge is 2.37. The van der Waals surface area contributed by atoms with Gasteiger partial charge in [0.25, 0.3) is 5.56 Å². The van der Waals surface area contributed by atoms with Crippen LogP contribution in [0.1, 0.15) is 48.7 Å². The highest BCUT2D eigenvalue weighted by atomic mass is 35.5. The molecule has 13 heteroatoms. The molecule has 1 unspecified atom stereocenters. The average Bonchev–Trinajstić information content (AvgIpc) is 3.02. The number of fused-ring (bicyclic) bond motifs is 1. The van der Waals surface area contributed by atoms with Gasteiger partial charge in [-0.15, -0.1) is 0 Å². The Morgan fingerprint density at radius 3 is 2.52 bits per heavy atom. The molecule has 2 aromatic carbocycles. The number of aromatic nitrogens is 3. The standard InChI is InChI=1S/C33H32ClF3N6O3/c1-19-40-27-6-5-21(13-25(27)32(46)43(19)28-7-8-29(44)41-31(28)45)17-38-16-20-9-11-42(12-10-20)30-26(33(35,36)37)15-23(18-39-30)22-3-2-4-24(34)14-22/h2-6,13-15,18,20,28,38H,7-12,16-17H2,1H3,(H,41,44,45). The summed E-state index contributed by atoms with van der Waals surface area (Å²) in [6, 6.07) is 12.4. The van der Waals surface area contributed by atoms with E-state index >= 15 is 0 Å². The normalized spacial score (nSPS) is 17.8. The van der Waals surface area contributed by atoms with E-state index in [0.29, 0.717) is 71.9 Å². The number of imide groups is 1. The molecule has 2 amide bonds. The van der Waals surface area contributed by atoms with Gasteiger partial charge in [-0.05, 0) is 80.1 Å². The van der Waals surface area contributed by atoms with E-state index in [0.717, 1.165) is 11.6 Å². The molecule has 2 N–H and O–H groups in total. The van der Waals surface area contributed by atoms with Crippen LogP contribution >= 0.6 is 11.6 Å². The Balaban J connectivity index is 1.09. The number of aryl methyl sites for hydroxylation is 1. The van der Waals surface area contributed by atoms with Crippen molar-refractivity contribution >= 4 is 40.1 Å². The van der Waals surface area contributed by atoms with Crippen LogP contribution in [0.3, 0.4) is 0 Å². The van der Waals surface area contributed by atoms with Gasteiger partial charge < -0.3 is 10.2 Å². The molecule has 4 aromatic rings. The van der Waals surface area contributed by atoms with Gasteiger partial charge in [-0.1, -0.05) is 29.8 Å². The molecule has 0 saturated carbocycles. The largest absolute Gasteiger partial charge is 0.419 e. The summed E-state index contributed by atoms with van der Waals surface area (Å²) in [4.78, 5) is 48.0. The molecule has 4 heterocycles. The van der Waals surface area contributed by atoms with E-state index in [-0.39, 0.29) is 36.0 Å². The lowest BCUT2D eigenvalue weighted by molar-refractivity contribution is -0.138. The first kappa shape index (κ1) is 31.7. The van der Waals surface area contributed by atoms with Gasteiger partial charge in [0.05, 0.1) is 16.5 Å². The third-order valence-corrected chi connectivity index (χ3v) is 8.90. The number of halogens is 4. The number of nitrogens with one attached hydrogen (secondary N) is 2. The first-order chi connectivity index (χ1) is 22.0. The zero-order chi connectivity index (χ0) is 32.6. The molecular formula is C33H32ClF3N6O3. The number of hydrogen-bond acceptors (Lipinski definition) is 7. The predicted octanol–water partition coefficient (Wildman–Crippen LogP) is 5.42. The fraction of sp³-hybridized carbons (Fsp3) is 0.364. The summed E-state index contributed by atoms with van der Waals surface area (Å²) in [6.45, 7) is 3.69. The van der Waals surface area contributed by atoms with Crippen molar-refractivity contribution in [3.05, 3.63) is 87.1 Å². The van der Waals surface area contributed by atoms with E-state index in [4.69, 9.17) is 11.6 Å². The molecule has 0 spiro atoms. The van der Waals surface area contributed by atoms with E-state index in [1.807, 2.05) is 6.07 Å². The Morgan fingerprint density at radius 1 is 1.02 bits per heavy atom. The van der Waals surface area contributed by atoms with Gasteiger partial charge in [-0.2, -0.15) is 13.2 Å². The Morgan fingerprint density at radius 2 is 1.80 bits per heavy atom. The van der Waals surface area contributed by atoms with Gasteiger partial charge in [0.2, 0.25) is 11.8 Å². The molecule has 0 radical (unpaired) electrons. The van der Waals surface area contributed by atoms with Crippen LogP contribution in [0.25, 0.3) is 22.0 Å². The van der Waals surface area contributed by atoms with Crippen molar-refractivity contribution in [2.24, 2.45) is 5.92 Å². The third kappa shape index (κ3) is 6.63. The Hall–Kier alpha value is -4.29. The van der Waals surface area contributed by atoms with Crippen molar-refractivity contribution < 1.29 is 22.8 Å². The zero-order valence-corrected chi connectivity index (χ0v) is 25.8. The molecule has 0 aliphatic carbocycles. The average molecular weight is 653 g/mol. The molecule has 2 saturated heterocycles.